The van der Waals surface area contributed by atoms with Crippen LogP contribution in [0.25, 0.3) is 0 Å². The zero-order chi connectivity index (χ0) is 17.1. The lowest BCUT2D eigenvalue weighted by molar-refractivity contribution is -0.150. The molecule has 1 aromatic rings. The Morgan fingerprint density at radius 2 is 1.96 bits per heavy atom. The van der Waals surface area contributed by atoms with E-state index in [0.29, 0.717) is 12.1 Å². The highest BCUT2D eigenvalue weighted by molar-refractivity contribution is 5.95. The summed E-state index contributed by atoms with van der Waals surface area (Å²) in [5, 5.41) is 4.35. The Labute approximate surface area is 141 Å². The lowest BCUT2D eigenvalue weighted by Crippen LogP contribution is -2.60. The molecular weight excluding hydrogens is 308 g/mol. The Hall–Kier alpha value is -2.57. The van der Waals surface area contributed by atoms with Crippen molar-refractivity contribution in [3.05, 3.63) is 35.9 Å². The van der Waals surface area contributed by atoms with Crippen molar-refractivity contribution in [2.75, 3.05) is 13.1 Å². The normalized spacial score (nSPS) is 21.4. The fraction of sp³-hybridized carbons (Fsp3) is 0.471. The van der Waals surface area contributed by atoms with Gasteiger partial charge < -0.3 is 0 Å². The highest BCUT2D eigenvalue weighted by Crippen LogP contribution is 2.24. The number of urea groups is 1. The molecule has 3 rings (SSSR count). The third kappa shape index (κ3) is 3.06. The first kappa shape index (κ1) is 16.3. The van der Waals surface area contributed by atoms with Crippen LogP contribution in [0.1, 0.15) is 43.0 Å². The Balaban J connectivity index is 1.80. The Bertz CT molecular complexity index is 634. The number of hydrogen-bond donors (Lipinski definition) is 1. The van der Waals surface area contributed by atoms with Crippen LogP contribution in [-0.2, 0) is 4.79 Å². The van der Waals surface area contributed by atoms with Crippen LogP contribution in [-0.4, -0.2) is 52.0 Å². The maximum absolute atomic E-state index is 12.9. The van der Waals surface area contributed by atoms with Gasteiger partial charge in [-0.25, -0.2) is 19.8 Å². The largest absolute Gasteiger partial charge is 0.357 e. The summed E-state index contributed by atoms with van der Waals surface area (Å²) in [6, 6.07) is 8.38. The second-order valence-corrected chi connectivity index (χ2v) is 6.06. The summed E-state index contributed by atoms with van der Waals surface area (Å²) >= 11 is 0. The van der Waals surface area contributed by atoms with E-state index in [1.807, 2.05) is 13.0 Å². The SMILES string of the molecule is CC[C@@H]1CCCN2C(=O)CCN(NC(=O)c3ccccc3)C(=O)N12. The molecule has 2 fully saturated rings. The molecule has 0 radical (unpaired) electrons. The zero-order valence-corrected chi connectivity index (χ0v) is 13.8. The summed E-state index contributed by atoms with van der Waals surface area (Å²) in [5.41, 5.74) is 3.12. The quantitative estimate of drug-likeness (QED) is 0.918. The third-order valence-corrected chi connectivity index (χ3v) is 4.52. The van der Waals surface area contributed by atoms with Crippen LogP contribution in [0.3, 0.4) is 0 Å². The number of benzene rings is 1. The monoisotopic (exact) mass is 330 g/mol. The number of nitrogens with one attached hydrogen (secondary N) is 1. The van der Waals surface area contributed by atoms with Crippen molar-refractivity contribution in [3.8, 4) is 0 Å². The van der Waals surface area contributed by atoms with Gasteiger partial charge in [0, 0.05) is 18.5 Å². The molecule has 0 spiro atoms. The van der Waals surface area contributed by atoms with Crippen molar-refractivity contribution in [3.63, 3.8) is 0 Å². The van der Waals surface area contributed by atoms with Gasteiger partial charge in [0.1, 0.15) is 0 Å². The molecule has 0 aromatic heterocycles. The van der Waals surface area contributed by atoms with Crippen molar-refractivity contribution in [1.29, 1.82) is 0 Å². The zero-order valence-electron chi connectivity index (χ0n) is 13.8. The highest BCUT2D eigenvalue weighted by Gasteiger charge is 2.40. The minimum atomic E-state index is -0.352. The van der Waals surface area contributed by atoms with Gasteiger partial charge >= 0.3 is 6.03 Å². The van der Waals surface area contributed by atoms with Gasteiger partial charge in [-0.1, -0.05) is 25.1 Å². The van der Waals surface area contributed by atoms with Crippen LogP contribution in [0.4, 0.5) is 4.79 Å². The van der Waals surface area contributed by atoms with Gasteiger partial charge in [-0.2, -0.15) is 0 Å². The first-order chi connectivity index (χ1) is 11.6. The molecule has 2 heterocycles. The minimum absolute atomic E-state index is 0.00979. The standard InChI is InChI=1S/C17H22N4O3/c1-2-14-9-6-11-20-15(22)10-12-19(17(24)21(14)20)18-16(23)13-7-4-3-5-8-13/h3-5,7-8,14H,2,6,9-12H2,1H3,(H,18,23)/t14-/m1/s1. The van der Waals surface area contributed by atoms with E-state index < -0.39 is 0 Å². The molecule has 1 atom stereocenters. The summed E-state index contributed by atoms with van der Waals surface area (Å²) < 4.78 is 0. The molecule has 24 heavy (non-hydrogen) atoms. The Kier molecular flexibility index (Phi) is 4.69. The van der Waals surface area contributed by atoms with Crippen LogP contribution in [0.5, 0.6) is 0 Å². The molecule has 7 heteroatoms. The van der Waals surface area contributed by atoms with Crippen molar-refractivity contribution in [2.24, 2.45) is 0 Å². The summed E-state index contributed by atoms with van der Waals surface area (Å²) in [7, 11) is 0. The summed E-state index contributed by atoms with van der Waals surface area (Å²) in [5.74, 6) is -0.423. The van der Waals surface area contributed by atoms with Crippen LogP contribution >= 0.6 is 0 Å². The van der Waals surface area contributed by atoms with E-state index in [4.69, 9.17) is 0 Å². The number of hydrogen-bond acceptors (Lipinski definition) is 3. The maximum atomic E-state index is 12.9. The van der Waals surface area contributed by atoms with E-state index in [-0.39, 0.29) is 36.9 Å². The maximum Gasteiger partial charge on any atom is 0.357 e. The Morgan fingerprint density at radius 3 is 2.67 bits per heavy atom. The summed E-state index contributed by atoms with van der Waals surface area (Å²) in [6.45, 7) is 2.74. The topological polar surface area (TPSA) is 73.0 Å². The number of carbonyl (C=O) groups excluding carboxylic acids is 3. The second-order valence-electron chi connectivity index (χ2n) is 6.06. The molecule has 128 valence electrons. The fourth-order valence-corrected chi connectivity index (χ4v) is 3.22. The van der Waals surface area contributed by atoms with Crippen molar-refractivity contribution in [2.45, 2.75) is 38.6 Å². The predicted molar refractivity (Wildman–Crippen MR) is 87.5 cm³/mol. The molecule has 1 N–H and O–H groups in total. The number of hydrazine groups is 2. The minimum Gasteiger partial charge on any atom is -0.273 e. The van der Waals surface area contributed by atoms with E-state index in [2.05, 4.69) is 5.43 Å². The van der Waals surface area contributed by atoms with Crippen LogP contribution in [0, 0.1) is 0 Å². The van der Waals surface area contributed by atoms with Gasteiger partial charge in [0.25, 0.3) is 5.91 Å². The van der Waals surface area contributed by atoms with Gasteiger partial charge in [-0.05, 0) is 31.4 Å². The Morgan fingerprint density at radius 1 is 1.21 bits per heavy atom. The van der Waals surface area contributed by atoms with Gasteiger partial charge in [0.2, 0.25) is 5.91 Å². The lowest BCUT2D eigenvalue weighted by atomic mass is 10.1. The number of nitrogens with zero attached hydrogens (tertiary/aromatic N) is 3. The van der Waals surface area contributed by atoms with E-state index in [9.17, 15) is 14.4 Å². The van der Waals surface area contributed by atoms with Crippen LogP contribution < -0.4 is 5.43 Å². The number of amides is 4. The summed E-state index contributed by atoms with van der Waals surface area (Å²) in [4.78, 5) is 37.6. The fourth-order valence-electron chi connectivity index (χ4n) is 3.22. The molecule has 0 unspecified atom stereocenters. The number of rotatable bonds is 3. The average molecular weight is 330 g/mol. The second kappa shape index (κ2) is 6.90. The van der Waals surface area contributed by atoms with E-state index in [1.165, 1.54) is 10.0 Å². The molecule has 2 saturated heterocycles. The molecule has 1 aromatic carbocycles. The third-order valence-electron chi connectivity index (χ3n) is 4.52. The molecule has 2 aliphatic rings. The summed E-state index contributed by atoms with van der Waals surface area (Å²) in [6.07, 6.45) is 2.74. The number of carbonyl (C=O) groups is 3. The van der Waals surface area contributed by atoms with Crippen LogP contribution in [0.15, 0.2) is 30.3 Å². The van der Waals surface area contributed by atoms with Crippen LogP contribution in [0.2, 0.25) is 0 Å². The van der Waals surface area contributed by atoms with Crippen molar-refractivity contribution >= 4 is 17.8 Å². The highest BCUT2D eigenvalue weighted by atomic mass is 16.2. The first-order valence-electron chi connectivity index (χ1n) is 8.39. The van der Waals surface area contributed by atoms with E-state index >= 15 is 0 Å². The molecular formula is C17H22N4O3. The molecule has 0 saturated carbocycles. The molecule has 4 amide bonds. The number of fused-ring (bicyclic) bond motifs is 1. The van der Waals surface area contributed by atoms with Gasteiger partial charge in [-0.3, -0.25) is 15.0 Å². The predicted octanol–water partition coefficient (Wildman–Crippen LogP) is 1.78. The lowest BCUT2D eigenvalue weighted by Gasteiger charge is -2.43. The molecule has 7 nitrogen and oxygen atoms in total. The molecule has 2 aliphatic heterocycles. The molecule has 0 aliphatic carbocycles. The van der Waals surface area contributed by atoms with Crippen molar-refractivity contribution < 1.29 is 14.4 Å². The average Bonchev–Trinajstić information content (AvgIpc) is 2.74. The van der Waals surface area contributed by atoms with E-state index in [0.717, 1.165) is 19.3 Å². The van der Waals surface area contributed by atoms with E-state index in [1.54, 1.807) is 29.3 Å². The van der Waals surface area contributed by atoms with Gasteiger partial charge in [0.15, 0.2) is 0 Å². The van der Waals surface area contributed by atoms with Crippen molar-refractivity contribution in [1.82, 2.24) is 20.5 Å². The smallest absolute Gasteiger partial charge is 0.273 e. The van der Waals surface area contributed by atoms with Gasteiger partial charge in [-0.15, -0.1) is 0 Å². The molecule has 0 bridgehead atoms. The first-order valence-corrected chi connectivity index (χ1v) is 8.39. The van der Waals surface area contributed by atoms with Gasteiger partial charge in [0.05, 0.1) is 12.6 Å².